The van der Waals surface area contributed by atoms with Crippen molar-refractivity contribution in [3.05, 3.63) is 94.5 Å². The topological polar surface area (TPSA) is 102 Å². The first-order valence-corrected chi connectivity index (χ1v) is 14.0. The molecule has 5 rings (SSSR count). The molecule has 9 heteroatoms. The second-order valence-corrected chi connectivity index (χ2v) is 10.8. The number of likely N-dealkylation sites (N-methyl/N-ethyl adjacent to an activating group) is 2. The third kappa shape index (κ3) is 6.28. The van der Waals surface area contributed by atoms with Crippen molar-refractivity contribution in [1.82, 2.24) is 9.80 Å². The standard InChI is InChI=1S/C33H36N4O5/c1-35-14-16-37(17-15-35)20-30(40)36(2)27-12-10-26(11-13-27)34-32(23-6-4-22(21-38)5-7-23)31-28-18-25(33(41)42-3)9-8-24(28)19-29(31)39/h4-13,18,34,38H,14-17,19-21H2,1-3H3/b32-31-. The van der Waals surface area contributed by atoms with Gasteiger partial charge in [0.15, 0.2) is 5.78 Å². The maximum atomic E-state index is 13.4. The Morgan fingerprint density at radius 3 is 2.26 bits per heavy atom. The number of ether oxygens (including phenoxy) is 1. The van der Waals surface area contributed by atoms with Gasteiger partial charge < -0.3 is 25.0 Å². The molecule has 1 heterocycles. The van der Waals surface area contributed by atoms with Gasteiger partial charge in [-0.1, -0.05) is 30.3 Å². The number of nitrogens with zero attached hydrogens (tertiary/aromatic N) is 3. The van der Waals surface area contributed by atoms with Crippen molar-refractivity contribution in [2.45, 2.75) is 13.0 Å². The lowest BCUT2D eigenvalue weighted by Gasteiger charge is -2.32. The van der Waals surface area contributed by atoms with Gasteiger partial charge in [0.1, 0.15) is 0 Å². The van der Waals surface area contributed by atoms with Gasteiger partial charge in [0.2, 0.25) is 5.91 Å². The zero-order valence-electron chi connectivity index (χ0n) is 24.2. The smallest absolute Gasteiger partial charge is 0.337 e. The van der Waals surface area contributed by atoms with Crippen LogP contribution in [0.4, 0.5) is 11.4 Å². The van der Waals surface area contributed by atoms with Crippen molar-refractivity contribution < 1.29 is 24.2 Å². The van der Waals surface area contributed by atoms with E-state index in [9.17, 15) is 19.5 Å². The fraction of sp³-hybridized carbons (Fsp3) is 0.303. The summed E-state index contributed by atoms with van der Waals surface area (Å²) in [5, 5.41) is 13.0. The molecule has 1 aliphatic heterocycles. The average molecular weight is 569 g/mol. The van der Waals surface area contributed by atoms with E-state index in [0.29, 0.717) is 28.9 Å². The predicted molar refractivity (Wildman–Crippen MR) is 163 cm³/mol. The molecule has 3 aromatic carbocycles. The van der Waals surface area contributed by atoms with Crippen LogP contribution in [-0.2, 0) is 27.4 Å². The van der Waals surface area contributed by atoms with Crippen LogP contribution in [-0.4, -0.2) is 86.5 Å². The molecule has 2 aliphatic rings. The van der Waals surface area contributed by atoms with Crippen molar-refractivity contribution in [1.29, 1.82) is 0 Å². The number of allylic oxidation sites excluding steroid dienone is 1. The lowest BCUT2D eigenvalue weighted by molar-refractivity contribution is -0.119. The number of rotatable bonds is 8. The number of fused-ring (bicyclic) bond motifs is 1. The first kappa shape index (κ1) is 29.2. The van der Waals surface area contributed by atoms with Crippen LogP contribution in [0.15, 0.2) is 66.7 Å². The molecule has 0 saturated carbocycles. The highest BCUT2D eigenvalue weighted by Crippen LogP contribution is 2.37. The maximum absolute atomic E-state index is 13.4. The number of amides is 1. The summed E-state index contributed by atoms with van der Waals surface area (Å²) in [7, 11) is 5.20. The molecule has 1 saturated heterocycles. The Morgan fingerprint density at radius 1 is 0.952 bits per heavy atom. The molecule has 1 aliphatic carbocycles. The quantitative estimate of drug-likeness (QED) is 0.315. The fourth-order valence-electron chi connectivity index (χ4n) is 5.31. The normalized spacial score (nSPS) is 16.6. The van der Waals surface area contributed by atoms with Crippen molar-refractivity contribution >= 4 is 40.3 Å². The van der Waals surface area contributed by atoms with Gasteiger partial charge in [-0.15, -0.1) is 0 Å². The molecule has 2 N–H and O–H groups in total. The third-order valence-electron chi connectivity index (χ3n) is 7.96. The van der Waals surface area contributed by atoms with Gasteiger partial charge in [0.25, 0.3) is 0 Å². The minimum atomic E-state index is -0.472. The van der Waals surface area contributed by atoms with Gasteiger partial charge in [-0.05, 0) is 65.7 Å². The summed E-state index contributed by atoms with van der Waals surface area (Å²) in [5.41, 5.74) is 5.98. The second-order valence-electron chi connectivity index (χ2n) is 10.8. The molecule has 9 nitrogen and oxygen atoms in total. The van der Waals surface area contributed by atoms with E-state index >= 15 is 0 Å². The molecule has 0 bridgehead atoms. The lowest BCUT2D eigenvalue weighted by Crippen LogP contribution is -2.48. The van der Waals surface area contributed by atoms with Crippen LogP contribution in [0.2, 0.25) is 0 Å². The van der Waals surface area contributed by atoms with Crippen LogP contribution in [0.3, 0.4) is 0 Å². The fourth-order valence-corrected chi connectivity index (χ4v) is 5.31. The number of methoxy groups -OCH3 is 1. The van der Waals surface area contributed by atoms with E-state index in [1.54, 1.807) is 30.1 Å². The molecule has 0 unspecified atom stereocenters. The van der Waals surface area contributed by atoms with Crippen LogP contribution in [0.1, 0.15) is 32.6 Å². The Balaban J connectivity index is 1.44. The van der Waals surface area contributed by atoms with Crippen LogP contribution >= 0.6 is 0 Å². The minimum absolute atomic E-state index is 0.0293. The highest BCUT2D eigenvalue weighted by atomic mass is 16.5. The first-order valence-electron chi connectivity index (χ1n) is 14.0. The SMILES string of the molecule is COC(=O)c1ccc2c(c1)/C(=C(/Nc1ccc(N(C)C(=O)CN3CCN(C)CC3)cc1)c1ccc(CO)cc1)C(=O)C2. The van der Waals surface area contributed by atoms with E-state index in [-0.39, 0.29) is 24.7 Å². The minimum Gasteiger partial charge on any atom is -0.465 e. The van der Waals surface area contributed by atoms with E-state index in [4.69, 9.17) is 4.74 Å². The van der Waals surface area contributed by atoms with Crippen molar-refractivity contribution in [3.63, 3.8) is 0 Å². The summed E-state index contributed by atoms with van der Waals surface area (Å²) in [5.74, 6) is -0.506. The maximum Gasteiger partial charge on any atom is 0.337 e. The van der Waals surface area contributed by atoms with Crippen LogP contribution < -0.4 is 10.2 Å². The molecule has 0 radical (unpaired) electrons. The third-order valence-corrected chi connectivity index (χ3v) is 7.96. The second kappa shape index (κ2) is 12.7. The Bertz CT molecular complexity index is 1510. The number of aliphatic hydroxyl groups is 1. The van der Waals surface area contributed by atoms with E-state index in [1.165, 1.54) is 7.11 Å². The number of esters is 1. The lowest BCUT2D eigenvalue weighted by atomic mass is 9.98. The highest BCUT2D eigenvalue weighted by Gasteiger charge is 2.30. The predicted octanol–water partition coefficient (Wildman–Crippen LogP) is 3.28. The van der Waals surface area contributed by atoms with E-state index < -0.39 is 5.97 Å². The van der Waals surface area contributed by atoms with Crippen molar-refractivity contribution in [2.75, 3.05) is 64.1 Å². The molecule has 0 aromatic heterocycles. The first-order chi connectivity index (χ1) is 20.3. The van der Waals surface area contributed by atoms with Crippen LogP contribution in [0.5, 0.6) is 0 Å². The number of carbonyl (C=O) groups excluding carboxylic acids is 3. The number of carbonyl (C=O) groups is 3. The molecule has 1 fully saturated rings. The van der Waals surface area contributed by atoms with E-state index in [0.717, 1.165) is 54.2 Å². The van der Waals surface area contributed by atoms with Gasteiger partial charge >= 0.3 is 5.97 Å². The highest BCUT2D eigenvalue weighted by molar-refractivity contribution is 6.32. The molecule has 0 atom stereocenters. The number of hydrogen-bond acceptors (Lipinski definition) is 8. The number of piperazine rings is 1. The van der Waals surface area contributed by atoms with E-state index in [1.807, 2.05) is 48.5 Å². The molecule has 42 heavy (non-hydrogen) atoms. The summed E-state index contributed by atoms with van der Waals surface area (Å²) < 4.78 is 4.91. The number of hydrogen-bond donors (Lipinski definition) is 2. The largest absolute Gasteiger partial charge is 0.465 e. The van der Waals surface area contributed by atoms with Crippen molar-refractivity contribution in [3.8, 4) is 0 Å². The molecule has 1 amide bonds. The summed E-state index contributed by atoms with van der Waals surface area (Å²) in [6.07, 6.45) is 0.227. The Labute approximate surface area is 246 Å². The molecule has 3 aromatic rings. The summed E-state index contributed by atoms with van der Waals surface area (Å²) in [4.78, 5) is 44.8. The van der Waals surface area contributed by atoms with Crippen LogP contribution in [0, 0.1) is 0 Å². The number of nitrogens with one attached hydrogen (secondary N) is 1. The van der Waals surface area contributed by atoms with Gasteiger partial charge in [-0.25, -0.2) is 4.79 Å². The van der Waals surface area contributed by atoms with E-state index in [2.05, 4.69) is 22.2 Å². The molecular formula is C33H36N4O5. The molecular weight excluding hydrogens is 532 g/mol. The van der Waals surface area contributed by atoms with Gasteiger partial charge in [0.05, 0.1) is 31.5 Å². The number of benzene rings is 3. The zero-order chi connectivity index (χ0) is 29.8. The number of aliphatic hydroxyl groups excluding tert-OH is 1. The van der Waals surface area contributed by atoms with Gasteiger partial charge in [-0.2, -0.15) is 0 Å². The Kier molecular flexibility index (Phi) is 8.82. The molecule has 0 spiro atoms. The summed E-state index contributed by atoms with van der Waals surface area (Å²) in [6.45, 7) is 3.94. The zero-order valence-corrected chi connectivity index (χ0v) is 24.2. The summed E-state index contributed by atoms with van der Waals surface area (Å²) >= 11 is 0. The number of Topliss-reactive ketones (excluding diaryl/α,β-unsaturated/α-hetero) is 1. The number of ketones is 1. The van der Waals surface area contributed by atoms with Crippen molar-refractivity contribution in [2.24, 2.45) is 0 Å². The Morgan fingerprint density at radius 2 is 1.62 bits per heavy atom. The molecule has 218 valence electrons. The van der Waals surface area contributed by atoms with Gasteiger partial charge in [0, 0.05) is 56.6 Å². The summed E-state index contributed by atoms with van der Waals surface area (Å²) in [6, 6.07) is 20.0. The Hall–Kier alpha value is -4.31. The monoisotopic (exact) mass is 568 g/mol. The average Bonchev–Trinajstić information content (AvgIpc) is 3.35. The van der Waals surface area contributed by atoms with Crippen LogP contribution in [0.25, 0.3) is 11.3 Å². The van der Waals surface area contributed by atoms with Gasteiger partial charge in [-0.3, -0.25) is 14.5 Å². The number of anilines is 2.